The van der Waals surface area contributed by atoms with E-state index < -0.39 is 0 Å². The van der Waals surface area contributed by atoms with Crippen LogP contribution in [0.25, 0.3) is 0 Å². The highest BCUT2D eigenvalue weighted by molar-refractivity contribution is 9.10. The molecule has 1 atom stereocenters. The molecule has 0 amide bonds. The molecule has 1 aromatic rings. The van der Waals surface area contributed by atoms with Gasteiger partial charge in [0.25, 0.3) is 0 Å². The first kappa shape index (κ1) is 13.1. The van der Waals surface area contributed by atoms with Crippen LogP contribution in [0.1, 0.15) is 56.1 Å². The second-order valence-electron chi connectivity index (χ2n) is 5.37. The first-order valence-corrected chi connectivity index (χ1v) is 7.50. The van der Waals surface area contributed by atoms with Crippen molar-refractivity contribution in [2.24, 2.45) is 5.73 Å². The molecule has 0 saturated heterocycles. The van der Waals surface area contributed by atoms with Gasteiger partial charge in [0.05, 0.1) is 0 Å². The van der Waals surface area contributed by atoms with E-state index in [2.05, 4.69) is 41.1 Å². The fourth-order valence-electron chi connectivity index (χ4n) is 2.81. The van der Waals surface area contributed by atoms with Crippen molar-refractivity contribution >= 4 is 15.9 Å². The van der Waals surface area contributed by atoms with E-state index in [-0.39, 0.29) is 6.04 Å². The lowest BCUT2D eigenvalue weighted by atomic mass is 9.84. The Morgan fingerprint density at radius 1 is 1.29 bits per heavy atom. The molecule has 0 aliphatic heterocycles. The van der Waals surface area contributed by atoms with Crippen LogP contribution in [0.4, 0.5) is 0 Å². The predicted octanol–water partition coefficient (Wildman–Crippen LogP) is 4.39. The van der Waals surface area contributed by atoms with Crippen LogP contribution in [0.15, 0.2) is 22.7 Å². The molecule has 0 radical (unpaired) electrons. The standard InChI is InChI=1S/C15H22BrN/c1-11(17)9-12-7-8-14(15(16)10-12)13-5-3-2-4-6-13/h7-8,10-11,13H,2-6,9,17H2,1H3. The summed E-state index contributed by atoms with van der Waals surface area (Å²) in [6.07, 6.45) is 7.86. The van der Waals surface area contributed by atoms with Gasteiger partial charge in [-0.15, -0.1) is 0 Å². The maximum Gasteiger partial charge on any atom is 0.0212 e. The minimum atomic E-state index is 0.238. The fraction of sp³-hybridized carbons (Fsp3) is 0.600. The Bertz CT molecular complexity index is 367. The Labute approximate surface area is 113 Å². The molecule has 1 unspecified atom stereocenters. The third-order valence-electron chi connectivity index (χ3n) is 3.67. The van der Waals surface area contributed by atoms with E-state index in [9.17, 15) is 0 Å². The topological polar surface area (TPSA) is 26.0 Å². The molecule has 0 bridgehead atoms. The molecule has 1 aliphatic carbocycles. The third-order valence-corrected chi connectivity index (χ3v) is 4.35. The molecule has 17 heavy (non-hydrogen) atoms. The van der Waals surface area contributed by atoms with Crippen LogP contribution in [0, 0.1) is 0 Å². The van der Waals surface area contributed by atoms with Gasteiger partial charge in [-0.2, -0.15) is 0 Å². The summed E-state index contributed by atoms with van der Waals surface area (Å²) in [5.41, 5.74) is 8.68. The molecule has 1 aliphatic rings. The molecule has 2 heteroatoms. The second kappa shape index (κ2) is 6.01. The minimum Gasteiger partial charge on any atom is -0.328 e. The van der Waals surface area contributed by atoms with Crippen LogP contribution < -0.4 is 5.73 Å². The molecule has 2 N–H and O–H groups in total. The van der Waals surface area contributed by atoms with Crippen molar-refractivity contribution in [1.29, 1.82) is 0 Å². The number of hydrogen-bond donors (Lipinski definition) is 1. The Morgan fingerprint density at radius 2 is 2.00 bits per heavy atom. The molecular weight excluding hydrogens is 274 g/mol. The zero-order valence-electron chi connectivity index (χ0n) is 10.6. The first-order valence-electron chi connectivity index (χ1n) is 6.70. The lowest BCUT2D eigenvalue weighted by Gasteiger charge is -2.23. The van der Waals surface area contributed by atoms with Crippen molar-refractivity contribution in [3.63, 3.8) is 0 Å². The van der Waals surface area contributed by atoms with E-state index in [4.69, 9.17) is 5.73 Å². The van der Waals surface area contributed by atoms with Crippen LogP contribution in [-0.4, -0.2) is 6.04 Å². The van der Waals surface area contributed by atoms with E-state index >= 15 is 0 Å². The highest BCUT2D eigenvalue weighted by atomic mass is 79.9. The normalized spacial score (nSPS) is 19.2. The number of rotatable bonds is 3. The number of hydrogen-bond acceptors (Lipinski definition) is 1. The largest absolute Gasteiger partial charge is 0.328 e. The highest BCUT2D eigenvalue weighted by Crippen LogP contribution is 2.36. The van der Waals surface area contributed by atoms with E-state index in [1.165, 1.54) is 47.7 Å². The summed E-state index contributed by atoms with van der Waals surface area (Å²) in [6, 6.07) is 7.05. The van der Waals surface area contributed by atoms with Crippen LogP contribution >= 0.6 is 15.9 Å². The van der Waals surface area contributed by atoms with Crippen molar-refractivity contribution < 1.29 is 0 Å². The first-order chi connectivity index (χ1) is 8.16. The monoisotopic (exact) mass is 295 g/mol. The second-order valence-corrected chi connectivity index (χ2v) is 6.23. The van der Waals surface area contributed by atoms with Crippen LogP contribution in [-0.2, 0) is 6.42 Å². The molecule has 1 saturated carbocycles. The average molecular weight is 296 g/mol. The summed E-state index contributed by atoms with van der Waals surface area (Å²) in [5, 5.41) is 0. The Kier molecular flexibility index (Phi) is 4.63. The molecule has 0 aromatic heterocycles. The van der Waals surface area contributed by atoms with E-state index in [1.54, 1.807) is 0 Å². The quantitative estimate of drug-likeness (QED) is 0.879. The van der Waals surface area contributed by atoms with E-state index in [1.807, 2.05) is 0 Å². The number of benzene rings is 1. The summed E-state index contributed by atoms with van der Waals surface area (Å²) >= 11 is 3.73. The minimum absolute atomic E-state index is 0.238. The van der Waals surface area contributed by atoms with Gasteiger partial charge in [0.1, 0.15) is 0 Å². The van der Waals surface area contributed by atoms with Gasteiger partial charge in [-0.1, -0.05) is 47.3 Å². The fourth-order valence-corrected chi connectivity index (χ4v) is 3.56. The van der Waals surface area contributed by atoms with Gasteiger partial charge in [-0.3, -0.25) is 0 Å². The molecule has 2 rings (SSSR count). The van der Waals surface area contributed by atoms with Crippen molar-refractivity contribution in [3.05, 3.63) is 33.8 Å². The summed E-state index contributed by atoms with van der Waals surface area (Å²) in [7, 11) is 0. The zero-order valence-corrected chi connectivity index (χ0v) is 12.2. The number of halogens is 1. The lowest BCUT2D eigenvalue weighted by molar-refractivity contribution is 0.442. The van der Waals surface area contributed by atoms with Gasteiger partial charge >= 0.3 is 0 Å². The molecule has 94 valence electrons. The van der Waals surface area contributed by atoms with Gasteiger partial charge in [-0.25, -0.2) is 0 Å². The molecule has 0 heterocycles. The Hall–Kier alpha value is -0.340. The van der Waals surface area contributed by atoms with Crippen molar-refractivity contribution in [2.75, 3.05) is 0 Å². The SMILES string of the molecule is CC(N)Cc1ccc(C2CCCCC2)c(Br)c1. The van der Waals surface area contributed by atoms with Gasteiger partial charge in [0.2, 0.25) is 0 Å². The zero-order chi connectivity index (χ0) is 12.3. The Balaban J connectivity index is 2.13. The summed E-state index contributed by atoms with van der Waals surface area (Å²) < 4.78 is 1.28. The van der Waals surface area contributed by atoms with Gasteiger partial charge in [0, 0.05) is 10.5 Å². The molecule has 0 spiro atoms. The van der Waals surface area contributed by atoms with Crippen LogP contribution in [0.2, 0.25) is 0 Å². The van der Waals surface area contributed by atoms with Gasteiger partial charge in [-0.05, 0) is 49.3 Å². The van der Waals surface area contributed by atoms with Crippen molar-refractivity contribution in [2.45, 2.75) is 57.4 Å². The van der Waals surface area contributed by atoms with Crippen molar-refractivity contribution in [3.8, 4) is 0 Å². The summed E-state index contributed by atoms with van der Waals surface area (Å²) in [6.45, 7) is 2.06. The summed E-state index contributed by atoms with van der Waals surface area (Å²) in [5.74, 6) is 0.766. The maximum absolute atomic E-state index is 5.84. The van der Waals surface area contributed by atoms with Crippen LogP contribution in [0.3, 0.4) is 0 Å². The van der Waals surface area contributed by atoms with Crippen molar-refractivity contribution in [1.82, 2.24) is 0 Å². The average Bonchev–Trinajstić information content (AvgIpc) is 2.29. The van der Waals surface area contributed by atoms with Crippen LogP contribution in [0.5, 0.6) is 0 Å². The molecular formula is C15H22BrN. The van der Waals surface area contributed by atoms with Gasteiger partial charge < -0.3 is 5.73 Å². The van der Waals surface area contributed by atoms with Gasteiger partial charge in [0.15, 0.2) is 0 Å². The maximum atomic E-state index is 5.84. The summed E-state index contributed by atoms with van der Waals surface area (Å²) in [4.78, 5) is 0. The molecule has 1 nitrogen and oxygen atoms in total. The predicted molar refractivity (Wildman–Crippen MR) is 77.3 cm³/mol. The van der Waals surface area contributed by atoms with E-state index in [0.717, 1.165) is 12.3 Å². The molecule has 1 aromatic carbocycles. The Morgan fingerprint density at radius 3 is 2.59 bits per heavy atom. The number of nitrogens with two attached hydrogens (primary N) is 1. The smallest absolute Gasteiger partial charge is 0.0212 e. The highest BCUT2D eigenvalue weighted by Gasteiger charge is 2.17. The molecule has 1 fully saturated rings. The third kappa shape index (κ3) is 3.56. The lowest BCUT2D eigenvalue weighted by Crippen LogP contribution is -2.17. The van der Waals surface area contributed by atoms with E-state index in [0.29, 0.717) is 0 Å².